The Hall–Kier alpha value is -1.68. The fraction of sp³-hybridized carbons (Fsp3) is 0.400. The van der Waals surface area contributed by atoms with Crippen LogP contribution in [0.4, 0.5) is 0 Å². The van der Waals surface area contributed by atoms with Crippen molar-refractivity contribution in [2.24, 2.45) is 11.8 Å². The van der Waals surface area contributed by atoms with Crippen LogP contribution in [0.25, 0.3) is 5.69 Å². The number of benzene rings is 1. The SMILES string of the molecule is C=C/C=C\C(C)=C(\OC)C(C)C(c1cc(Cl)ccc1-n1c(CC)nc(Cl)c1Cl)C(C)C. The van der Waals surface area contributed by atoms with Crippen molar-refractivity contribution in [2.45, 2.75) is 47.0 Å². The number of imidazole rings is 1. The predicted octanol–water partition coefficient (Wildman–Crippen LogP) is 8.43. The Kier molecular flexibility index (Phi) is 9.29. The van der Waals surface area contributed by atoms with Crippen LogP contribution in [0.15, 0.2) is 54.3 Å². The molecular weight excluding hydrogens is 451 g/mol. The standard InChI is InChI=1S/C25H31Cl3N2O/c1-8-10-11-16(5)23(31-7)17(6)22(15(3)4)19-14-18(26)12-13-20(19)30-21(9-2)29-24(27)25(30)28/h8,10-15,17,22H,1,9H2,2-7H3/b11-10-,23-16+. The lowest BCUT2D eigenvalue weighted by atomic mass is 9.76. The molecule has 0 aliphatic heterocycles. The van der Waals surface area contributed by atoms with Gasteiger partial charge in [0.2, 0.25) is 0 Å². The molecule has 2 atom stereocenters. The molecule has 0 aliphatic rings. The molecule has 0 aliphatic carbocycles. The first-order valence-electron chi connectivity index (χ1n) is 10.4. The van der Waals surface area contributed by atoms with Crippen LogP contribution in [0.1, 0.15) is 51.9 Å². The number of rotatable bonds is 9. The van der Waals surface area contributed by atoms with Gasteiger partial charge >= 0.3 is 0 Å². The number of hydrogen-bond acceptors (Lipinski definition) is 2. The second-order valence-electron chi connectivity index (χ2n) is 7.91. The normalized spacial score (nSPS) is 14.6. The Bertz CT molecular complexity index is 989. The topological polar surface area (TPSA) is 27.1 Å². The molecule has 168 valence electrons. The number of halogens is 3. The summed E-state index contributed by atoms with van der Waals surface area (Å²) in [5.74, 6) is 2.23. The van der Waals surface area contributed by atoms with E-state index in [2.05, 4.69) is 32.3 Å². The highest BCUT2D eigenvalue weighted by Crippen LogP contribution is 2.42. The third-order valence-corrected chi connectivity index (χ3v) is 6.46. The van der Waals surface area contributed by atoms with Gasteiger partial charge in [0.1, 0.15) is 11.6 Å². The molecule has 0 bridgehead atoms. The summed E-state index contributed by atoms with van der Waals surface area (Å²) in [6, 6.07) is 5.88. The van der Waals surface area contributed by atoms with Crippen molar-refractivity contribution in [3.63, 3.8) is 0 Å². The Labute approximate surface area is 201 Å². The molecule has 0 fully saturated rings. The summed E-state index contributed by atoms with van der Waals surface area (Å²) >= 11 is 19.3. The molecule has 0 radical (unpaired) electrons. The van der Waals surface area contributed by atoms with Crippen molar-refractivity contribution in [1.29, 1.82) is 0 Å². The van der Waals surface area contributed by atoms with E-state index in [4.69, 9.17) is 39.5 Å². The molecule has 3 nitrogen and oxygen atoms in total. The number of nitrogens with zero attached hydrogens (tertiary/aromatic N) is 2. The molecule has 1 heterocycles. The smallest absolute Gasteiger partial charge is 0.166 e. The first-order valence-corrected chi connectivity index (χ1v) is 11.6. The Balaban J connectivity index is 2.75. The van der Waals surface area contributed by atoms with Gasteiger partial charge in [-0.1, -0.05) is 87.3 Å². The minimum atomic E-state index is 0.0829. The highest BCUT2D eigenvalue weighted by Gasteiger charge is 2.31. The Morgan fingerprint density at radius 2 is 1.90 bits per heavy atom. The average molecular weight is 482 g/mol. The van der Waals surface area contributed by atoms with Crippen LogP contribution in [0, 0.1) is 11.8 Å². The van der Waals surface area contributed by atoms with Gasteiger partial charge in [0.05, 0.1) is 12.8 Å². The Morgan fingerprint density at radius 3 is 2.45 bits per heavy atom. The van der Waals surface area contributed by atoms with E-state index in [9.17, 15) is 0 Å². The molecule has 0 spiro atoms. The molecule has 2 aromatic rings. The minimum Gasteiger partial charge on any atom is -0.501 e. The molecule has 31 heavy (non-hydrogen) atoms. The molecule has 0 N–H and O–H groups in total. The zero-order valence-corrected chi connectivity index (χ0v) is 21.3. The largest absolute Gasteiger partial charge is 0.501 e. The molecule has 2 unspecified atom stereocenters. The van der Waals surface area contributed by atoms with Gasteiger partial charge in [-0.15, -0.1) is 0 Å². The van der Waals surface area contributed by atoms with E-state index >= 15 is 0 Å². The van der Waals surface area contributed by atoms with Gasteiger partial charge < -0.3 is 4.74 Å². The van der Waals surface area contributed by atoms with E-state index in [-0.39, 0.29) is 11.8 Å². The van der Waals surface area contributed by atoms with Crippen molar-refractivity contribution < 1.29 is 4.74 Å². The van der Waals surface area contributed by atoms with E-state index in [1.807, 2.05) is 48.8 Å². The molecule has 6 heteroatoms. The molecular formula is C25H31Cl3N2O. The highest BCUT2D eigenvalue weighted by atomic mass is 35.5. The number of aryl methyl sites for hydroxylation is 1. The van der Waals surface area contributed by atoms with E-state index < -0.39 is 0 Å². The van der Waals surface area contributed by atoms with Gasteiger partial charge in [0, 0.05) is 17.4 Å². The van der Waals surface area contributed by atoms with E-state index in [1.54, 1.807) is 13.2 Å². The number of methoxy groups -OCH3 is 1. The number of aromatic nitrogens is 2. The van der Waals surface area contributed by atoms with Gasteiger partial charge in [-0.05, 0) is 48.1 Å². The summed E-state index contributed by atoms with van der Waals surface area (Å²) in [4.78, 5) is 4.44. The van der Waals surface area contributed by atoms with Gasteiger partial charge in [0.25, 0.3) is 0 Å². The van der Waals surface area contributed by atoms with Crippen molar-refractivity contribution in [3.8, 4) is 5.69 Å². The fourth-order valence-electron chi connectivity index (χ4n) is 4.26. The van der Waals surface area contributed by atoms with Gasteiger partial charge in [-0.3, -0.25) is 4.57 Å². The van der Waals surface area contributed by atoms with Gasteiger partial charge in [0.15, 0.2) is 10.3 Å². The maximum atomic E-state index is 6.58. The lowest BCUT2D eigenvalue weighted by molar-refractivity contribution is 0.215. The molecule has 0 saturated heterocycles. The van der Waals surface area contributed by atoms with Crippen molar-refractivity contribution in [2.75, 3.05) is 7.11 Å². The summed E-state index contributed by atoms with van der Waals surface area (Å²) in [6.07, 6.45) is 6.38. The summed E-state index contributed by atoms with van der Waals surface area (Å²) in [6.45, 7) is 14.4. The minimum absolute atomic E-state index is 0.0829. The monoisotopic (exact) mass is 480 g/mol. The molecule has 2 rings (SSSR count). The third kappa shape index (κ3) is 5.58. The van der Waals surface area contributed by atoms with Crippen molar-refractivity contribution in [3.05, 3.63) is 81.1 Å². The second kappa shape index (κ2) is 11.3. The van der Waals surface area contributed by atoms with Gasteiger partial charge in [-0.25, -0.2) is 4.98 Å². The van der Waals surface area contributed by atoms with Crippen LogP contribution in [0.2, 0.25) is 15.3 Å². The fourth-order valence-corrected chi connectivity index (χ4v) is 4.86. The average Bonchev–Trinajstić information content (AvgIpc) is 3.01. The van der Waals surface area contributed by atoms with Crippen molar-refractivity contribution in [1.82, 2.24) is 9.55 Å². The van der Waals surface area contributed by atoms with Crippen LogP contribution in [0.3, 0.4) is 0 Å². The highest BCUT2D eigenvalue weighted by molar-refractivity contribution is 6.40. The van der Waals surface area contributed by atoms with Gasteiger partial charge in [-0.2, -0.15) is 0 Å². The maximum absolute atomic E-state index is 6.58. The van der Waals surface area contributed by atoms with Crippen LogP contribution >= 0.6 is 34.8 Å². The lowest BCUT2D eigenvalue weighted by Crippen LogP contribution is -2.21. The first kappa shape index (κ1) is 25.6. The maximum Gasteiger partial charge on any atom is 0.166 e. The summed E-state index contributed by atoms with van der Waals surface area (Å²) in [5, 5.41) is 1.38. The number of ether oxygens (including phenoxy) is 1. The van der Waals surface area contributed by atoms with Crippen molar-refractivity contribution >= 4 is 34.8 Å². The van der Waals surface area contributed by atoms with E-state index in [0.717, 1.165) is 28.4 Å². The number of allylic oxidation sites excluding steroid dienone is 5. The predicted molar refractivity (Wildman–Crippen MR) is 134 cm³/mol. The molecule has 1 aromatic carbocycles. The van der Waals surface area contributed by atoms with Crippen LogP contribution in [0.5, 0.6) is 0 Å². The van der Waals surface area contributed by atoms with Crippen LogP contribution in [-0.2, 0) is 11.2 Å². The zero-order valence-electron chi connectivity index (χ0n) is 19.0. The quantitative estimate of drug-likeness (QED) is 0.265. The number of hydrogen-bond donors (Lipinski definition) is 0. The van der Waals surface area contributed by atoms with E-state index in [0.29, 0.717) is 27.7 Å². The summed E-state index contributed by atoms with van der Waals surface area (Å²) < 4.78 is 7.80. The molecule has 0 amide bonds. The second-order valence-corrected chi connectivity index (χ2v) is 9.06. The third-order valence-electron chi connectivity index (χ3n) is 5.52. The van der Waals surface area contributed by atoms with Crippen LogP contribution in [-0.4, -0.2) is 16.7 Å². The van der Waals surface area contributed by atoms with E-state index in [1.165, 1.54) is 0 Å². The molecule has 0 saturated carbocycles. The van der Waals surface area contributed by atoms with Crippen LogP contribution < -0.4 is 0 Å². The summed E-state index contributed by atoms with van der Waals surface area (Å²) in [5.41, 5.74) is 3.07. The Morgan fingerprint density at radius 1 is 1.23 bits per heavy atom. The first-order chi connectivity index (χ1) is 14.7. The molecule has 1 aromatic heterocycles. The lowest BCUT2D eigenvalue weighted by Gasteiger charge is -2.32. The zero-order chi connectivity index (χ0) is 23.3. The summed E-state index contributed by atoms with van der Waals surface area (Å²) in [7, 11) is 1.72.